The van der Waals surface area contributed by atoms with Crippen molar-refractivity contribution in [2.45, 2.75) is 50.4 Å². The maximum atomic E-state index is 12.5. The molecular formula is C18H20O6. The number of methoxy groups -OCH3 is 1. The van der Waals surface area contributed by atoms with E-state index < -0.39 is 5.60 Å². The van der Waals surface area contributed by atoms with E-state index in [0.717, 1.165) is 18.4 Å². The third-order valence-corrected chi connectivity index (χ3v) is 5.19. The van der Waals surface area contributed by atoms with E-state index in [9.17, 15) is 15.0 Å². The predicted octanol–water partition coefficient (Wildman–Crippen LogP) is 2.07. The molecule has 3 unspecified atom stereocenters. The highest BCUT2D eigenvalue weighted by Crippen LogP contribution is 2.53. The minimum atomic E-state index is -0.924. The molecule has 24 heavy (non-hydrogen) atoms. The first kappa shape index (κ1) is 15.5. The molecule has 1 fully saturated rings. The van der Waals surface area contributed by atoms with Gasteiger partial charge in [0.15, 0.2) is 5.43 Å². The van der Waals surface area contributed by atoms with Crippen LogP contribution in [0.2, 0.25) is 0 Å². The molecule has 1 saturated carbocycles. The average molecular weight is 332 g/mol. The maximum absolute atomic E-state index is 12.5. The summed E-state index contributed by atoms with van der Waals surface area (Å²) in [5.74, 6) is 1.21. The van der Waals surface area contributed by atoms with E-state index in [1.165, 1.54) is 13.2 Å². The Balaban J connectivity index is 1.99. The number of ether oxygens (including phenoxy) is 2. The van der Waals surface area contributed by atoms with Crippen molar-refractivity contribution in [2.24, 2.45) is 0 Å². The third-order valence-electron chi connectivity index (χ3n) is 5.19. The number of aliphatic hydroxyl groups is 2. The summed E-state index contributed by atoms with van der Waals surface area (Å²) < 4.78 is 17.2. The van der Waals surface area contributed by atoms with Crippen molar-refractivity contribution in [1.29, 1.82) is 0 Å². The molecule has 2 N–H and O–H groups in total. The fourth-order valence-electron chi connectivity index (χ4n) is 4.12. The highest BCUT2D eigenvalue weighted by Gasteiger charge is 2.50. The van der Waals surface area contributed by atoms with E-state index in [2.05, 4.69) is 0 Å². The minimum Gasteiger partial charge on any atom is -0.495 e. The first-order chi connectivity index (χ1) is 11.5. The van der Waals surface area contributed by atoms with Gasteiger partial charge in [-0.25, -0.2) is 0 Å². The number of hydrogen-bond donors (Lipinski definition) is 2. The van der Waals surface area contributed by atoms with Crippen LogP contribution in [0.1, 0.15) is 43.4 Å². The lowest BCUT2D eigenvalue weighted by Crippen LogP contribution is -2.47. The molecule has 1 aliphatic carbocycles. The Hall–Kier alpha value is -2.05. The van der Waals surface area contributed by atoms with Crippen LogP contribution in [0, 0.1) is 0 Å². The van der Waals surface area contributed by atoms with Gasteiger partial charge in [-0.3, -0.25) is 4.79 Å². The molecule has 0 radical (unpaired) electrons. The van der Waals surface area contributed by atoms with Crippen molar-refractivity contribution in [2.75, 3.05) is 7.11 Å². The van der Waals surface area contributed by atoms with Gasteiger partial charge >= 0.3 is 0 Å². The molecule has 2 heterocycles. The van der Waals surface area contributed by atoms with Gasteiger partial charge in [0.25, 0.3) is 0 Å². The molecule has 4 rings (SSSR count). The predicted molar refractivity (Wildman–Crippen MR) is 86.6 cm³/mol. The van der Waals surface area contributed by atoms with Crippen LogP contribution in [-0.2, 0) is 6.61 Å². The lowest BCUT2D eigenvalue weighted by atomic mass is 9.74. The van der Waals surface area contributed by atoms with E-state index >= 15 is 0 Å². The summed E-state index contributed by atoms with van der Waals surface area (Å²) in [6.45, 7) is 1.43. The third kappa shape index (κ3) is 2.06. The van der Waals surface area contributed by atoms with Gasteiger partial charge in [0.05, 0.1) is 12.7 Å². The van der Waals surface area contributed by atoms with Gasteiger partial charge in [0.1, 0.15) is 40.9 Å². The van der Waals surface area contributed by atoms with Crippen molar-refractivity contribution in [3.05, 3.63) is 33.7 Å². The molecule has 0 bridgehead atoms. The van der Waals surface area contributed by atoms with Gasteiger partial charge < -0.3 is 24.1 Å². The lowest BCUT2D eigenvalue weighted by molar-refractivity contribution is -0.0725. The molecule has 6 nitrogen and oxygen atoms in total. The second kappa shape index (κ2) is 5.22. The highest BCUT2D eigenvalue weighted by atomic mass is 16.5. The molecule has 0 spiro atoms. The topological polar surface area (TPSA) is 89.1 Å². The first-order valence-electron chi connectivity index (χ1n) is 8.14. The smallest absolute Gasteiger partial charge is 0.196 e. The zero-order valence-electron chi connectivity index (χ0n) is 13.7. The van der Waals surface area contributed by atoms with Crippen molar-refractivity contribution < 1.29 is 24.1 Å². The summed E-state index contributed by atoms with van der Waals surface area (Å²) in [4.78, 5) is 12.5. The summed E-state index contributed by atoms with van der Waals surface area (Å²) in [5.41, 5.74) is -0.0299. The fraction of sp³-hybridized carbons (Fsp3) is 0.500. The molecule has 0 amide bonds. The number of fused-ring (bicyclic) bond motifs is 4. The Labute approximate surface area is 138 Å². The highest BCUT2D eigenvalue weighted by molar-refractivity contribution is 5.88. The molecule has 1 aromatic carbocycles. The van der Waals surface area contributed by atoms with Crippen LogP contribution >= 0.6 is 0 Å². The Morgan fingerprint density at radius 1 is 1.42 bits per heavy atom. The number of benzene rings is 1. The zero-order valence-corrected chi connectivity index (χ0v) is 13.7. The molecule has 1 aliphatic heterocycles. The Bertz CT molecular complexity index is 866. The van der Waals surface area contributed by atoms with Crippen molar-refractivity contribution in [3.8, 4) is 11.5 Å². The molecule has 3 atom stereocenters. The van der Waals surface area contributed by atoms with E-state index in [-0.39, 0.29) is 29.8 Å². The van der Waals surface area contributed by atoms with Gasteiger partial charge in [0.2, 0.25) is 0 Å². The largest absolute Gasteiger partial charge is 0.495 e. The Kier molecular flexibility index (Phi) is 3.37. The first-order valence-corrected chi connectivity index (χ1v) is 8.14. The SMILES string of the molecule is COc1c2c(cc3oc(CO)cc(=O)c13)OC1C2CCCC1(C)O. The quantitative estimate of drug-likeness (QED) is 0.875. The summed E-state index contributed by atoms with van der Waals surface area (Å²) in [6.07, 6.45) is 2.07. The molecule has 128 valence electrons. The van der Waals surface area contributed by atoms with E-state index in [0.29, 0.717) is 28.9 Å². The summed E-state index contributed by atoms with van der Waals surface area (Å²) >= 11 is 0. The van der Waals surface area contributed by atoms with Crippen LogP contribution < -0.4 is 14.9 Å². The molecule has 2 aliphatic rings. The van der Waals surface area contributed by atoms with Crippen LogP contribution in [0.25, 0.3) is 11.0 Å². The van der Waals surface area contributed by atoms with Gasteiger partial charge in [0, 0.05) is 23.6 Å². The molecular weight excluding hydrogens is 312 g/mol. The average Bonchev–Trinajstić information content (AvgIpc) is 2.92. The molecule has 0 saturated heterocycles. The van der Waals surface area contributed by atoms with Crippen molar-refractivity contribution in [3.63, 3.8) is 0 Å². The standard InChI is InChI=1S/C18H20O6/c1-18(21)5-3-4-10-14-12(24-17(10)18)7-13-15(16(14)22-2)11(20)6-9(8-19)23-13/h6-7,10,17,19,21H,3-5,8H2,1-2H3. The van der Waals surface area contributed by atoms with Gasteiger partial charge in [-0.1, -0.05) is 0 Å². The number of rotatable bonds is 2. The molecule has 2 aromatic rings. The van der Waals surface area contributed by atoms with E-state index in [4.69, 9.17) is 13.9 Å². The summed E-state index contributed by atoms with van der Waals surface area (Å²) in [7, 11) is 1.52. The number of hydrogen-bond acceptors (Lipinski definition) is 6. The van der Waals surface area contributed by atoms with Crippen molar-refractivity contribution >= 4 is 11.0 Å². The van der Waals surface area contributed by atoms with Gasteiger partial charge in [-0.2, -0.15) is 0 Å². The van der Waals surface area contributed by atoms with Gasteiger partial charge in [-0.15, -0.1) is 0 Å². The van der Waals surface area contributed by atoms with E-state index in [1.54, 1.807) is 13.0 Å². The zero-order chi connectivity index (χ0) is 17.1. The second-order valence-corrected chi connectivity index (χ2v) is 6.82. The second-order valence-electron chi connectivity index (χ2n) is 6.82. The van der Waals surface area contributed by atoms with E-state index in [1.807, 2.05) is 0 Å². The Morgan fingerprint density at radius 3 is 2.92 bits per heavy atom. The minimum absolute atomic E-state index is 0.0139. The summed E-state index contributed by atoms with van der Waals surface area (Å²) in [5, 5.41) is 20.3. The summed E-state index contributed by atoms with van der Waals surface area (Å²) in [6, 6.07) is 2.95. The fourth-order valence-corrected chi connectivity index (χ4v) is 4.12. The van der Waals surface area contributed by atoms with Crippen LogP contribution in [0.15, 0.2) is 21.3 Å². The van der Waals surface area contributed by atoms with Crippen LogP contribution in [0.3, 0.4) is 0 Å². The van der Waals surface area contributed by atoms with Crippen molar-refractivity contribution in [1.82, 2.24) is 0 Å². The van der Waals surface area contributed by atoms with Crippen LogP contribution in [-0.4, -0.2) is 29.0 Å². The Morgan fingerprint density at radius 2 is 2.21 bits per heavy atom. The molecule has 1 aromatic heterocycles. The lowest BCUT2D eigenvalue weighted by Gasteiger charge is -2.37. The van der Waals surface area contributed by atoms with Gasteiger partial charge in [-0.05, 0) is 26.2 Å². The van der Waals surface area contributed by atoms with Crippen LogP contribution in [0.5, 0.6) is 11.5 Å². The number of aliphatic hydroxyl groups excluding tert-OH is 1. The maximum Gasteiger partial charge on any atom is 0.196 e. The molecule has 6 heteroatoms. The monoisotopic (exact) mass is 332 g/mol. The van der Waals surface area contributed by atoms with Crippen LogP contribution in [0.4, 0.5) is 0 Å². The normalized spacial score (nSPS) is 28.3.